The number of likely N-dealkylation sites (tertiary alicyclic amines) is 2. The van der Waals surface area contributed by atoms with Gasteiger partial charge >= 0.3 is 5.97 Å². The van der Waals surface area contributed by atoms with Crippen LogP contribution in [0.15, 0.2) is 36.4 Å². The van der Waals surface area contributed by atoms with Crippen molar-refractivity contribution in [1.82, 2.24) is 9.80 Å². The lowest BCUT2D eigenvalue weighted by Crippen LogP contribution is -2.42. The van der Waals surface area contributed by atoms with Gasteiger partial charge in [-0.15, -0.1) is 0 Å². The molecule has 1 saturated carbocycles. The van der Waals surface area contributed by atoms with Crippen molar-refractivity contribution in [3.63, 3.8) is 0 Å². The molecule has 4 nitrogen and oxygen atoms in total. The second-order valence-electron chi connectivity index (χ2n) is 8.03. The summed E-state index contributed by atoms with van der Waals surface area (Å²) in [7, 11) is 0. The minimum Gasteiger partial charge on any atom is -0.481 e. The maximum Gasteiger partial charge on any atom is 0.312 e. The smallest absolute Gasteiger partial charge is 0.312 e. The summed E-state index contributed by atoms with van der Waals surface area (Å²) in [6, 6.07) is 10.9. The third-order valence-corrected chi connectivity index (χ3v) is 6.45. The Morgan fingerprint density at radius 2 is 1.92 bits per heavy atom. The molecule has 1 aliphatic carbocycles. The number of carboxylic acid groups (broad SMARTS) is 1. The van der Waals surface area contributed by atoms with E-state index in [0.717, 1.165) is 26.2 Å². The number of aliphatic carboxylic acids is 1. The van der Waals surface area contributed by atoms with Gasteiger partial charge in [-0.25, -0.2) is 0 Å². The molecule has 2 heterocycles. The summed E-state index contributed by atoms with van der Waals surface area (Å²) in [5.41, 5.74) is 0.644. The molecule has 25 heavy (non-hydrogen) atoms. The number of hydrogen-bond acceptors (Lipinski definition) is 3. The number of fused-ring (bicyclic) bond motifs is 1. The van der Waals surface area contributed by atoms with Crippen LogP contribution in [0.5, 0.6) is 0 Å². The van der Waals surface area contributed by atoms with Crippen LogP contribution in [0.2, 0.25) is 0 Å². The highest BCUT2D eigenvalue weighted by atomic mass is 16.4. The van der Waals surface area contributed by atoms with Crippen molar-refractivity contribution in [1.29, 1.82) is 0 Å². The molecule has 2 aliphatic heterocycles. The Morgan fingerprint density at radius 3 is 2.60 bits per heavy atom. The predicted octanol–water partition coefficient (Wildman–Crippen LogP) is 2.96. The number of nitrogens with zero attached hydrogens (tertiary/aromatic N) is 2. The Balaban J connectivity index is 1.39. The summed E-state index contributed by atoms with van der Waals surface area (Å²) in [5.74, 6) is -0.316. The van der Waals surface area contributed by atoms with Crippen LogP contribution < -0.4 is 0 Å². The van der Waals surface area contributed by atoms with E-state index in [1.165, 1.54) is 31.2 Å². The zero-order valence-corrected chi connectivity index (χ0v) is 14.8. The zero-order valence-electron chi connectivity index (χ0n) is 14.8. The average Bonchev–Trinajstić information content (AvgIpc) is 3.30. The van der Waals surface area contributed by atoms with E-state index in [4.69, 9.17) is 0 Å². The van der Waals surface area contributed by atoms with Gasteiger partial charge in [0.25, 0.3) is 0 Å². The minimum absolute atomic E-state index is 0.274. The molecule has 0 spiro atoms. The molecule has 3 fully saturated rings. The highest BCUT2D eigenvalue weighted by molar-refractivity contribution is 5.77. The summed E-state index contributed by atoms with van der Waals surface area (Å²) in [6.07, 6.45) is 9.43. The van der Waals surface area contributed by atoms with Crippen molar-refractivity contribution in [3.05, 3.63) is 42.0 Å². The number of carbonyl (C=O) groups is 1. The molecule has 1 N–H and O–H groups in total. The lowest BCUT2D eigenvalue weighted by atomic mass is 9.81. The van der Waals surface area contributed by atoms with Crippen LogP contribution in [0.3, 0.4) is 0 Å². The maximum atomic E-state index is 12.1. The number of carboxylic acids is 1. The van der Waals surface area contributed by atoms with Crippen LogP contribution in [0.25, 0.3) is 6.08 Å². The lowest BCUT2D eigenvalue weighted by Gasteiger charge is -2.28. The van der Waals surface area contributed by atoms with Crippen LogP contribution in [-0.2, 0) is 4.79 Å². The fourth-order valence-corrected chi connectivity index (χ4v) is 5.10. The number of rotatable bonds is 5. The molecule has 0 bridgehead atoms. The van der Waals surface area contributed by atoms with Gasteiger partial charge in [-0.2, -0.15) is 0 Å². The molecule has 1 aromatic rings. The summed E-state index contributed by atoms with van der Waals surface area (Å²) in [4.78, 5) is 16.9. The van der Waals surface area contributed by atoms with Gasteiger partial charge in [0.2, 0.25) is 0 Å². The molecule has 0 unspecified atom stereocenters. The third kappa shape index (κ3) is 3.25. The monoisotopic (exact) mass is 340 g/mol. The Morgan fingerprint density at radius 1 is 1.16 bits per heavy atom. The van der Waals surface area contributed by atoms with Gasteiger partial charge in [-0.1, -0.05) is 55.3 Å². The summed E-state index contributed by atoms with van der Waals surface area (Å²) < 4.78 is 0. The maximum absolute atomic E-state index is 12.1. The average molecular weight is 340 g/mol. The van der Waals surface area contributed by atoms with Gasteiger partial charge < -0.3 is 5.11 Å². The van der Waals surface area contributed by atoms with Gasteiger partial charge in [-0.05, 0) is 18.4 Å². The lowest BCUT2D eigenvalue weighted by molar-refractivity contribution is -0.149. The van der Waals surface area contributed by atoms with E-state index in [-0.39, 0.29) is 5.92 Å². The highest BCUT2D eigenvalue weighted by Crippen LogP contribution is 2.44. The molecule has 2 saturated heterocycles. The SMILES string of the molecule is O=C(O)[C@]12CN(C/C=C/c3ccccc3)C[C@H]1CN(C1CCCC1)C2. The van der Waals surface area contributed by atoms with Gasteiger partial charge in [0, 0.05) is 44.7 Å². The second kappa shape index (κ2) is 6.93. The molecule has 4 rings (SSSR count). The molecular weight excluding hydrogens is 312 g/mol. The molecule has 4 heteroatoms. The zero-order chi connectivity index (χ0) is 17.3. The Hall–Kier alpha value is -1.65. The van der Waals surface area contributed by atoms with E-state index < -0.39 is 11.4 Å². The molecule has 0 aromatic heterocycles. The van der Waals surface area contributed by atoms with Crippen molar-refractivity contribution in [2.45, 2.75) is 31.7 Å². The van der Waals surface area contributed by atoms with Gasteiger partial charge in [0.15, 0.2) is 0 Å². The van der Waals surface area contributed by atoms with Crippen molar-refractivity contribution in [2.75, 3.05) is 32.7 Å². The standard InChI is InChI=1S/C21H28N2O2/c24-20(25)21-15-22(12-6-9-17-7-2-1-3-8-17)13-18(21)14-23(16-21)19-10-4-5-11-19/h1-3,6-9,18-19H,4-5,10-16H2,(H,24,25)/b9-6+/t18-,21-/m0/s1. The molecule has 134 valence electrons. The minimum atomic E-state index is -0.590. The summed E-state index contributed by atoms with van der Waals surface area (Å²) >= 11 is 0. The number of hydrogen-bond donors (Lipinski definition) is 1. The van der Waals surface area contributed by atoms with E-state index in [1.54, 1.807) is 0 Å². The van der Waals surface area contributed by atoms with Gasteiger partial charge in [0.1, 0.15) is 0 Å². The normalized spacial score (nSPS) is 31.1. The Bertz CT molecular complexity index is 639. The largest absolute Gasteiger partial charge is 0.481 e. The topological polar surface area (TPSA) is 43.8 Å². The first-order valence-corrected chi connectivity index (χ1v) is 9.59. The van der Waals surface area contributed by atoms with Crippen molar-refractivity contribution in [3.8, 4) is 0 Å². The number of benzene rings is 1. The molecular formula is C21H28N2O2. The molecule has 2 atom stereocenters. The quantitative estimate of drug-likeness (QED) is 0.895. The van der Waals surface area contributed by atoms with Crippen LogP contribution in [0.4, 0.5) is 0 Å². The Kier molecular flexibility index (Phi) is 4.65. The van der Waals surface area contributed by atoms with Gasteiger partial charge in [-0.3, -0.25) is 14.6 Å². The molecule has 3 aliphatic rings. The summed E-state index contributed by atoms with van der Waals surface area (Å²) in [5, 5.41) is 9.98. The van der Waals surface area contributed by atoms with Crippen LogP contribution in [0.1, 0.15) is 31.2 Å². The van der Waals surface area contributed by atoms with Crippen LogP contribution in [-0.4, -0.2) is 59.6 Å². The van der Waals surface area contributed by atoms with Crippen molar-refractivity contribution >= 4 is 12.0 Å². The fourth-order valence-electron chi connectivity index (χ4n) is 5.10. The first-order valence-electron chi connectivity index (χ1n) is 9.59. The fraction of sp³-hybridized carbons (Fsp3) is 0.571. The second-order valence-corrected chi connectivity index (χ2v) is 8.03. The predicted molar refractivity (Wildman–Crippen MR) is 99.3 cm³/mol. The van der Waals surface area contributed by atoms with E-state index in [0.29, 0.717) is 12.6 Å². The first kappa shape index (κ1) is 16.8. The van der Waals surface area contributed by atoms with E-state index in [1.807, 2.05) is 18.2 Å². The molecule has 1 aromatic carbocycles. The van der Waals surface area contributed by atoms with Crippen LogP contribution >= 0.6 is 0 Å². The summed E-state index contributed by atoms with van der Waals surface area (Å²) in [6.45, 7) is 4.15. The van der Waals surface area contributed by atoms with E-state index >= 15 is 0 Å². The Labute approximate surface area is 150 Å². The molecule has 0 radical (unpaired) electrons. The highest BCUT2D eigenvalue weighted by Gasteiger charge is 2.58. The van der Waals surface area contributed by atoms with Gasteiger partial charge in [0.05, 0.1) is 5.41 Å². The van der Waals surface area contributed by atoms with Crippen molar-refractivity contribution in [2.24, 2.45) is 11.3 Å². The van der Waals surface area contributed by atoms with Crippen molar-refractivity contribution < 1.29 is 9.90 Å². The van der Waals surface area contributed by atoms with Crippen LogP contribution in [0, 0.1) is 11.3 Å². The van der Waals surface area contributed by atoms with E-state index in [9.17, 15) is 9.90 Å². The first-order chi connectivity index (χ1) is 12.2. The third-order valence-electron chi connectivity index (χ3n) is 6.45. The van der Waals surface area contributed by atoms with E-state index in [2.05, 4.69) is 34.1 Å². The molecule has 0 amide bonds.